The molecule has 1 aromatic rings. The van der Waals surface area contributed by atoms with Gasteiger partial charge in [-0.05, 0) is 26.3 Å². The summed E-state index contributed by atoms with van der Waals surface area (Å²) in [6.07, 6.45) is 3.65. The maximum Gasteiger partial charge on any atom is 0.0700 e. The fourth-order valence-electron chi connectivity index (χ4n) is 1.62. The van der Waals surface area contributed by atoms with Gasteiger partial charge in [0.25, 0.3) is 0 Å². The second-order valence-electron chi connectivity index (χ2n) is 4.74. The molecule has 18 heavy (non-hydrogen) atoms. The fourth-order valence-corrected chi connectivity index (χ4v) is 1.62. The van der Waals surface area contributed by atoms with Crippen molar-refractivity contribution in [3.8, 4) is 0 Å². The van der Waals surface area contributed by atoms with E-state index >= 15 is 0 Å². The van der Waals surface area contributed by atoms with E-state index in [1.807, 2.05) is 16.9 Å². The first kappa shape index (κ1) is 15.1. The van der Waals surface area contributed by atoms with Gasteiger partial charge in [0.2, 0.25) is 0 Å². The number of ether oxygens (including phenoxy) is 2. The standard InChI is InChI=1S/C13H25N3O2/c1-11(2)16-6-4-13(15-16)10-12(14)5-7-18-9-8-17-3/h4,6,11-12H,5,7-10,14H2,1-3H3. The molecule has 0 aromatic carbocycles. The van der Waals surface area contributed by atoms with Gasteiger partial charge in [-0.3, -0.25) is 4.68 Å². The van der Waals surface area contributed by atoms with Crippen LogP contribution in [0, 0.1) is 0 Å². The van der Waals surface area contributed by atoms with E-state index < -0.39 is 0 Å². The molecule has 0 aliphatic rings. The molecular weight excluding hydrogens is 230 g/mol. The first-order valence-electron chi connectivity index (χ1n) is 6.49. The van der Waals surface area contributed by atoms with Crippen molar-refractivity contribution in [1.82, 2.24) is 9.78 Å². The summed E-state index contributed by atoms with van der Waals surface area (Å²) >= 11 is 0. The van der Waals surface area contributed by atoms with E-state index in [-0.39, 0.29) is 6.04 Å². The molecule has 5 nitrogen and oxygen atoms in total. The molecule has 0 aliphatic heterocycles. The topological polar surface area (TPSA) is 62.3 Å². The van der Waals surface area contributed by atoms with E-state index in [2.05, 4.69) is 18.9 Å². The quantitative estimate of drug-likeness (QED) is 0.677. The summed E-state index contributed by atoms with van der Waals surface area (Å²) < 4.78 is 12.3. The molecule has 2 N–H and O–H groups in total. The van der Waals surface area contributed by atoms with E-state index in [9.17, 15) is 0 Å². The van der Waals surface area contributed by atoms with Crippen LogP contribution in [0.5, 0.6) is 0 Å². The number of hydrogen-bond donors (Lipinski definition) is 1. The Balaban J connectivity index is 2.20. The Morgan fingerprint density at radius 2 is 2.11 bits per heavy atom. The summed E-state index contributed by atoms with van der Waals surface area (Å²) in [5, 5.41) is 4.48. The van der Waals surface area contributed by atoms with Crippen molar-refractivity contribution in [3.63, 3.8) is 0 Å². The fraction of sp³-hybridized carbons (Fsp3) is 0.769. The van der Waals surface area contributed by atoms with Crippen LogP contribution in [0.15, 0.2) is 12.3 Å². The lowest BCUT2D eigenvalue weighted by Crippen LogP contribution is -2.25. The minimum atomic E-state index is 0.100. The van der Waals surface area contributed by atoms with Gasteiger partial charge < -0.3 is 15.2 Å². The van der Waals surface area contributed by atoms with Crippen molar-refractivity contribution in [1.29, 1.82) is 0 Å². The molecule has 0 bridgehead atoms. The van der Waals surface area contributed by atoms with Gasteiger partial charge in [-0.2, -0.15) is 5.10 Å². The van der Waals surface area contributed by atoms with E-state index in [0.717, 1.165) is 18.5 Å². The Hall–Kier alpha value is -0.910. The van der Waals surface area contributed by atoms with Crippen molar-refractivity contribution in [2.24, 2.45) is 5.73 Å². The minimum absolute atomic E-state index is 0.100. The Morgan fingerprint density at radius 3 is 2.72 bits per heavy atom. The molecule has 5 heteroatoms. The minimum Gasteiger partial charge on any atom is -0.382 e. The van der Waals surface area contributed by atoms with E-state index in [1.165, 1.54) is 0 Å². The lowest BCUT2D eigenvalue weighted by atomic mass is 10.1. The highest BCUT2D eigenvalue weighted by atomic mass is 16.5. The summed E-state index contributed by atoms with van der Waals surface area (Å²) in [7, 11) is 1.67. The van der Waals surface area contributed by atoms with Gasteiger partial charge in [0, 0.05) is 38.4 Å². The van der Waals surface area contributed by atoms with Crippen LogP contribution in [-0.4, -0.2) is 42.8 Å². The molecule has 0 radical (unpaired) electrons. The van der Waals surface area contributed by atoms with Crippen LogP contribution in [0.2, 0.25) is 0 Å². The SMILES string of the molecule is COCCOCCC(N)Cc1ccn(C(C)C)n1. The predicted molar refractivity (Wildman–Crippen MR) is 71.6 cm³/mol. The summed E-state index contributed by atoms with van der Waals surface area (Å²) in [6.45, 7) is 6.16. The van der Waals surface area contributed by atoms with Crippen LogP contribution in [-0.2, 0) is 15.9 Å². The Kier molecular flexibility index (Phi) is 6.93. The lowest BCUT2D eigenvalue weighted by molar-refractivity contribution is 0.0672. The molecule has 1 aromatic heterocycles. The smallest absolute Gasteiger partial charge is 0.0700 e. The van der Waals surface area contributed by atoms with Crippen LogP contribution in [0.25, 0.3) is 0 Å². The second kappa shape index (κ2) is 8.24. The summed E-state index contributed by atoms with van der Waals surface area (Å²) in [6, 6.07) is 2.53. The first-order valence-corrected chi connectivity index (χ1v) is 6.49. The molecular formula is C13H25N3O2. The van der Waals surface area contributed by atoms with Gasteiger partial charge >= 0.3 is 0 Å². The second-order valence-corrected chi connectivity index (χ2v) is 4.74. The van der Waals surface area contributed by atoms with Gasteiger partial charge in [-0.15, -0.1) is 0 Å². The zero-order valence-electron chi connectivity index (χ0n) is 11.6. The maximum atomic E-state index is 6.05. The monoisotopic (exact) mass is 255 g/mol. The number of nitrogens with two attached hydrogens (primary N) is 1. The molecule has 0 saturated carbocycles. The Morgan fingerprint density at radius 1 is 1.33 bits per heavy atom. The Bertz CT molecular complexity index is 326. The van der Waals surface area contributed by atoms with Crippen molar-refractivity contribution in [2.75, 3.05) is 26.9 Å². The highest BCUT2D eigenvalue weighted by Gasteiger charge is 2.08. The van der Waals surface area contributed by atoms with Crippen LogP contribution in [0.3, 0.4) is 0 Å². The maximum absolute atomic E-state index is 6.05. The third-order valence-corrected chi connectivity index (χ3v) is 2.73. The molecule has 0 amide bonds. The highest BCUT2D eigenvalue weighted by molar-refractivity contribution is 5.01. The average Bonchev–Trinajstić information content (AvgIpc) is 2.77. The first-order chi connectivity index (χ1) is 8.63. The van der Waals surface area contributed by atoms with Gasteiger partial charge in [-0.25, -0.2) is 0 Å². The molecule has 0 spiro atoms. The molecule has 0 fully saturated rings. The third kappa shape index (κ3) is 5.62. The molecule has 104 valence electrons. The van der Waals surface area contributed by atoms with Crippen LogP contribution in [0.4, 0.5) is 0 Å². The Labute approximate surface area is 109 Å². The normalized spacial score (nSPS) is 13.2. The van der Waals surface area contributed by atoms with Gasteiger partial charge in [0.1, 0.15) is 0 Å². The average molecular weight is 255 g/mol. The molecule has 0 saturated heterocycles. The van der Waals surface area contributed by atoms with E-state index in [1.54, 1.807) is 7.11 Å². The van der Waals surface area contributed by atoms with Gasteiger partial charge in [0.15, 0.2) is 0 Å². The van der Waals surface area contributed by atoms with Gasteiger partial charge in [0.05, 0.1) is 18.9 Å². The van der Waals surface area contributed by atoms with Crippen LogP contribution < -0.4 is 5.73 Å². The molecule has 0 aliphatic carbocycles. The number of aromatic nitrogens is 2. The summed E-state index contributed by atoms with van der Waals surface area (Å²) in [5.41, 5.74) is 7.09. The third-order valence-electron chi connectivity index (χ3n) is 2.73. The predicted octanol–water partition coefficient (Wildman–Crippen LogP) is 1.39. The van der Waals surface area contributed by atoms with Crippen LogP contribution in [0.1, 0.15) is 32.0 Å². The van der Waals surface area contributed by atoms with Crippen molar-refractivity contribution >= 4 is 0 Å². The van der Waals surface area contributed by atoms with E-state index in [4.69, 9.17) is 15.2 Å². The molecule has 1 heterocycles. The molecule has 1 rings (SSSR count). The largest absolute Gasteiger partial charge is 0.382 e. The van der Waals surface area contributed by atoms with Gasteiger partial charge in [-0.1, -0.05) is 0 Å². The summed E-state index contributed by atoms with van der Waals surface area (Å²) in [4.78, 5) is 0. The number of methoxy groups -OCH3 is 1. The molecule has 1 unspecified atom stereocenters. The number of rotatable bonds is 9. The van der Waals surface area contributed by atoms with Crippen molar-refractivity contribution < 1.29 is 9.47 Å². The van der Waals surface area contributed by atoms with Crippen molar-refractivity contribution in [3.05, 3.63) is 18.0 Å². The molecule has 1 atom stereocenters. The highest BCUT2D eigenvalue weighted by Crippen LogP contribution is 2.06. The van der Waals surface area contributed by atoms with E-state index in [0.29, 0.717) is 25.9 Å². The van der Waals surface area contributed by atoms with Crippen LogP contribution >= 0.6 is 0 Å². The lowest BCUT2D eigenvalue weighted by Gasteiger charge is -2.10. The summed E-state index contributed by atoms with van der Waals surface area (Å²) in [5.74, 6) is 0. The van der Waals surface area contributed by atoms with Crippen molar-refractivity contribution in [2.45, 2.75) is 38.8 Å². The number of nitrogens with zero attached hydrogens (tertiary/aromatic N) is 2. The number of hydrogen-bond acceptors (Lipinski definition) is 4. The zero-order valence-corrected chi connectivity index (χ0v) is 11.6. The zero-order chi connectivity index (χ0) is 13.4.